The summed E-state index contributed by atoms with van der Waals surface area (Å²) in [6.07, 6.45) is 2.46. The smallest absolute Gasteiger partial charge is 0.0633 e. The zero-order valence-corrected chi connectivity index (χ0v) is 11.5. The molecule has 1 aromatic rings. The van der Waals surface area contributed by atoms with Gasteiger partial charge >= 0.3 is 0 Å². The highest BCUT2D eigenvalue weighted by atomic mass is 15.3. The minimum atomic E-state index is 0.221. The molecule has 0 N–H and O–H groups in total. The lowest BCUT2D eigenvalue weighted by Crippen LogP contribution is -2.29. The molecule has 2 rings (SSSR count). The first-order chi connectivity index (χ1) is 7.21. The molecule has 0 bridgehead atoms. The molecule has 2 heterocycles. The van der Waals surface area contributed by atoms with E-state index in [1.54, 1.807) is 0 Å². The molecule has 0 radical (unpaired) electrons. The Morgan fingerprint density at radius 2 is 1.88 bits per heavy atom. The van der Waals surface area contributed by atoms with Crippen LogP contribution in [-0.4, -0.2) is 9.78 Å². The summed E-state index contributed by atoms with van der Waals surface area (Å²) in [5, 5.41) is 4.73. The first-order valence-electron chi connectivity index (χ1n) is 6.27. The normalized spacial score (nSPS) is 19.6. The third-order valence-corrected chi connectivity index (χ3v) is 3.60. The van der Waals surface area contributed by atoms with Gasteiger partial charge in [0.25, 0.3) is 0 Å². The molecule has 2 nitrogen and oxygen atoms in total. The summed E-state index contributed by atoms with van der Waals surface area (Å²) in [6.45, 7) is 14.8. The van der Waals surface area contributed by atoms with Gasteiger partial charge < -0.3 is 0 Å². The van der Waals surface area contributed by atoms with Crippen molar-refractivity contribution in [1.82, 2.24) is 9.78 Å². The van der Waals surface area contributed by atoms with Crippen molar-refractivity contribution < 1.29 is 0 Å². The summed E-state index contributed by atoms with van der Waals surface area (Å²) in [6, 6.07) is 0. The van der Waals surface area contributed by atoms with Gasteiger partial charge in [-0.05, 0) is 30.6 Å². The van der Waals surface area contributed by atoms with Crippen LogP contribution in [-0.2, 0) is 18.4 Å². The Hall–Kier alpha value is -0.790. The van der Waals surface area contributed by atoms with E-state index < -0.39 is 0 Å². The number of hydrogen-bond acceptors (Lipinski definition) is 1. The van der Waals surface area contributed by atoms with Crippen LogP contribution in [0.2, 0.25) is 0 Å². The molecule has 0 unspecified atom stereocenters. The van der Waals surface area contributed by atoms with Gasteiger partial charge in [-0.3, -0.25) is 4.68 Å². The standard InChI is InChI=1S/C14H24N2/c1-10-12(13(2,3)4)11-7-8-14(5,6)9-16(11)15-10/h7-9H2,1-6H3. The topological polar surface area (TPSA) is 17.8 Å². The maximum absolute atomic E-state index is 4.73. The Labute approximate surface area is 99.0 Å². The van der Waals surface area contributed by atoms with E-state index in [1.165, 1.54) is 29.8 Å². The molecular formula is C14H24N2. The van der Waals surface area contributed by atoms with Gasteiger partial charge in [-0.15, -0.1) is 0 Å². The fourth-order valence-electron chi connectivity index (χ4n) is 2.93. The molecule has 2 heteroatoms. The molecule has 1 aromatic heterocycles. The Morgan fingerprint density at radius 1 is 1.25 bits per heavy atom. The van der Waals surface area contributed by atoms with Gasteiger partial charge in [0.15, 0.2) is 0 Å². The lowest BCUT2D eigenvalue weighted by molar-refractivity contribution is 0.233. The van der Waals surface area contributed by atoms with E-state index in [9.17, 15) is 0 Å². The molecule has 1 aliphatic rings. The molecular weight excluding hydrogens is 196 g/mol. The number of fused-ring (bicyclic) bond motifs is 1. The first kappa shape index (κ1) is 11.7. The van der Waals surface area contributed by atoms with Crippen molar-refractivity contribution in [3.8, 4) is 0 Å². The molecule has 0 fully saturated rings. The second-order valence-electron chi connectivity index (χ2n) is 6.98. The Morgan fingerprint density at radius 3 is 2.44 bits per heavy atom. The van der Waals surface area contributed by atoms with E-state index in [0.717, 1.165) is 6.54 Å². The zero-order valence-electron chi connectivity index (χ0n) is 11.5. The zero-order chi connectivity index (χ0) is 12.1. The number of nitrogens with zero attached hydrogens (tertiary/aromatic N) is 2. The summed E-state index contributed by atoms with van der Waals surface area (Å²) in [7, 11) is 0. The third-order valence-electron chi connectivity index (χ3n) is 3.60. The largest absolute Gasteiger partial charge is 0.268 e. The molecule has 0 aromatic carbocycles. The average molecular weight is 220 g/mol. The quantitative estimate of drug-likeness (QED) is 0.654. The predicted octanol–water partition coefficient (Wildman–Crippen LogP) is 3.46. The van der Waals surface area contributed by atoms with E-state index in [2.05, 4.69) is 46.2 Å². The predicted molar refractivity (Wildman–Crippen MR) is 67.8 cm³/mol. The molecule has 0 saturated heterocycles. The fraction of sp³-hybridized carbons (Fsp3) is 0.786. The van der Waals surface area contributed by atoms with Crippen LogP contribution in [0.5, 0.6) is 0 Å². The molecule has 1 aliphatic heterocycles. The fourth-order valence-corrected chi connectivity index (χ4v) is 2.93. The van der Waals surface area contributed by atoms with Gasteiger partial charge in [0.2, 0.25) is 0 Å². The van der Waals surface area contributed by atoms with Crippen molar-refractivity contribution in [1.29, 1.82) is 0 Å². The number of aromatic nitrogens is 2. The van der Waals surface area contributed by atoms with Crippen LogP contribution >= 0.6 is 0 Å². The van der Waals surface area contributed by atoms with E-state index >= 15 is 0 Å². The molecule has 16 heavy (non-hydrogen) atoms. The first-order valence-corrected chi connectivity index (χ1v) is 6.27. The van der Waals surface area contributed by atoms with Crippen molar-refractivity contribution >= 4 is 0 Å². The lowest BCUT2D eigenvalue weighted by atomic mass is 9.79. The second-order valence-corrected chi connectivity index (χ2v) is 6.98. The van der Waals surface area contributed by atoms with Crippen LogP contribution < -0.4 is 0 Å². The third kappa shape index (κ3) is 1.90. The lowest BCUT2D eigenvalue weighted by Gasteiger charge is -2.32. The maximum atomic E-state index is 4.73. The summed E-state index contributed by atoms with van der Waals surface area (Å²) in [5.74, 6) is 0. The van der Waals surface area contributed by atoms with Crippen molar-refractivity contribution in [3.63, 3.8) is 0 Å². The van der Waals surface area contributed by atoms with E-state index in [-0.39, 0.29) is 5.41 Å². The molecule has 0 saturated carbocycles. The molecule has 0 spiro atoms. The second kappa shape index (κ2) is 3.35. The molecule has 0 amide bonds. The summed E-state index contributed by atoms with van der Waals surface area (Å²) >= 11 is 0. The maximum Gasteiger partial charge on any atom is 0.0633 e. The van der Waals surface area contributed by atoms with Crippen molar-refractivity contribution in [2.75, 3.05) is 0 Å². The van der Waals surface area contributed by atoms with Crippen molar-refractivity contribution in [2.45, 2.75) is 66.3 Å². The Balaban J connectivity index is 2.49. The SMILES string of the molecule is Cc1nn2c(c1C(C)(C)C)CCC(C)(C)C2. The highest BCUT2D eigenvalue weighted by Crippen LogP contribution is 2.36. The Kier molecular flexibility index (Phi) is 2.45. The summed E-state index contributed by atoms with van der Waals surface area (Å²) in [4.78, 5) is 0. The van der Waals surface area contributed by atoms with Crippen LogP contribution in [0.4, 0.5) is 0 Å². The van der Waals surface area contributed by atoms with Crippen LogP contribution in [0.15, 0.2) is 0 Å². The van der Waals surface area contributed by atoms with Crippen LogP contribution in [0, 0.1) is 12.3 Å². The van der Waals surface area contributed by atoms with Crippen molar-refractivity contribution in [2.24, 2.45) is 5.41 Å². The summed E-state index contributed by atoms with van der Waals surface area (Å²) in [5.41, 5.74) is 4.80. The van der Waals surface area contributed by atoms with Gasteiger partial charge in [0.1, 0.15) is 0 Å². The van der Waals surface area contributed by atoms with Crippen LogP contribution in [0.25, 0.3) is 0 Å². The van der Waals surface area contributed by atoms with E-state index in [4.69, 9.17) is 5.10 Å². The number of hydrogen-bond donors (Lipinski definition) is 0. The highest BCUT2D eigenvalue weighted by molar-refractivity contribution is 5.33. The van der Waals surface area contributed by atoms with Gasteiger partial charge in [-0.25, -0.2) is 0 Å². The highest BCUT2D eigenvalue weighted by Gasteiger charge is 2.32. The van der Waals surface area contributed by atoms with Crippen molar-refractivity contribution in [3.05, 3.63) is 17.0 Å². The minimum absolute atomic E-state index is 0.221. The monoisotopic (exact) mass is 220 g/mol. The molecule has 0 aliphatic carbocycles. The van der Waals surface area contributed by atoms with Gasteiger partial charge in [0.05, 0.1) is 5.69 Å². The number of rotatable bonds is 0. The van der Waals surface area contributed by atoms with Gasteiger partial charge in [-0.1, -0.05) is 34.6 Å². The van der Waals surface area contributed by atoms with E-state index in [0.29, 0.717) is 5.41 Å². The van der Waals surface area contributed by atoms with E-state index in [1.807, 2.05) is 0 Å². The minimum Gasteiger partial charge on any atom is -0.268 e. The molecule has 90 valence electrons. The van der Waals surface area contributed by atoms with Gasteiger partial charge in [-0.2, -0.15) is 5.10 Å². The molecule has 0 atom stereocenters. The van der Waals surface area contributed by atoms with Gasteiger partial charge in [0, 0.05) is 17.8 Å². The van der Waals surface area contributed by atoms with Crippen LogP contribution in [0.1, 0.15) is 58.0 Å². The summed E-state index contributed by atoms with van der Waals surface area (Å²) < 4.78 is 2.25. The van der Waals surface area contributed by atoms with Crippen LogP contribution in [0.3, 0.4) is 0 Å². The average Bonchev–Trinajstić information content (AvgIpc) is 2.36. The Bertz CT molecular complexity index is 405. The number of aryl methyl sites for hydroxylation is 1.